The highest BCUT2D eigenvalue weighted by atomic mass is 16.5. The molecule has 2 N–H and O–H groups in total. The van der Waals surface area contributed by atoms with Crippen molar-refractivity contribution in [3.05, 3.63) is 65.7 Å². The van der Waals surface area contributed by atoms with Crippen LogP contribution >= 0.6 is 0 Å². The molecule has 2 atom stereocenters. The van der Waals surface area contributed by atoms with Crippen molar-refractivity contribution >= 4 is 0 Å². The predicted octanol–water partition coefficient (Wildman–Crippen LogP) is 2.93. The minimum Gasteiger partial charge on any atom is -0.497 e. The average Bonchev–Trinajstić information content (AvgIpc) is 2.70. The second-order valence-corrected chi connectivity index (χ2v) is 6.13. The zero-order valence-corrected chi connectivity index (χ0v) is 15.2. The molecule has 0 aromatic heterocycles. The number of aliphatic hydroxyl groups is 2. The molecule has 0 unspecified atom stereocenters. The number of ether oxygens (including phenoxy) is 3. The Bertz CT molecular complexity index is 600. The van der Waals surface area contributed by atoms with E-state index in [1.54, 1.807) is 7.11 Å². The second kappa shape index (κ2) is 11.6. The smallest absolute Gasteiger partial charge is 0.118 e. The summed E-state index contributed by atoms with van der Waals surface area (Å²) in [4.78, 5) is 0. The minimum atomic E-state index is -0.889. The molecule has 0 aliphatic rings. The predicted molar refractivity (Wildman–Crippen MR) is 100.0 cm³/mol. The fourth-order valence-corrected chi connectivity index (χ4v) is 2.58. The van der Waals surface area contributed by atoms with Crippen LogP contribution in [0.15, 0.2) is 54.6 Å². The average molecular weight is 360 g/mol. The molecule has 0 spiro atoms. The summed E-state index contributed by atoms with van der Waals surface area (Å²) in [7, 11) is 1.64. The molecule has 2 aromatic rings. The Hall–Kier alpha value is -1.92. The summed E-state index contributed by atoms with van der Waals surface area (Å²) < 4.78 is 16.6. The van der Waals surface area contributed by atoms with Gasteiger partial charge in [-0.15, -0.1) is 0 Å². The maximum absolute atomic E-state index is 9.95. The lowest BCUT2D eigenvalue weighted by atomic mass is 10.1. The van der Waals surface area contributed by atoms with Gasteiger partial charge in [-0.1, -0.05) is 42.5 Å². The van der Waals surface area contributed by atoms with Gasteiger partial charge >= 0.3 is 0 Å². The van der Waals surface area contributed by atoms with Crippen LogP contribution in [0.4, 0.5) is 0 Å². The van der Waals surface area contributed by atoms with E-state index in [1.165, 1.54) is 0 Å². The Kier molecular flexibility index (Phi) is 9.14. The van der Waals surface area contributed by atoms with Gasteiger partial charge in [0.25, 0.3) is 0 Å². The van der Waals surface area contributed by atoms with E-state index in [1.807, 2.05) is 54.6 Å². The first kappa shape index (κ1) is 20.4. The summed E-state index contributed by atoms with van der Waals surface area (Å²) in [5.41, 5.74) is 2.12. The molecule has 26 heavy (non-hydrogen) atoms. The lowest BCUT2D eigenvalue weighted by molar-refractivity contribution is -0.0713. The highest BCUT2D eigenvalue weighted by molar-refractivity contribution is 5.26. The van der Waals surface area contributed by atoms with Crippen molar-refractivity contribution in [3.8, 4) is 5.75 Å². The summed E-state index contributed by atoms with van der Waals surface area (Å²) in [6.07, 6.45) is 0.0641. The summed E-state index contributed by atoms with van der Waals surface area (Å²) in [6.45, 7) is 1.19. The van der Waals surface area contributed by atoms with Crippen LogP contribution in [0, 0.1) is 0 Å². The minimum absolute atomic E-state index is 0.313. The molecule has 0 fully saturated rings. The monoisotopic (exact) mass is 360 g/mol. The molecular formula is C21H28O5. The van der Waals surface area contributed by atoms with Gasteiger partial charge in [-0.25, -0.2) is 0 Å². The molecule has 0 bridgehead atoms. The number of hydrogen-bond acceptors (Lipinski definition) is 5. The van der Waals surface area contributed by atoms with Gasteiger partial charge in [0.2, 0.25) is 0 Å². The van der Waals surface area contributed by atoms with Crippen molar-refractivity contribution in [2.45, 2.75) is 38.3 Å². The van der Waals surface area contributed by atoms with Gasteiger partial charge in [0.1, 0.15) is 11.9 Å². The quantitative estimate of drug-likeness (QED) is 0.570. The van der Waals surface area contributed by atoms with Gasteiger partial charge in [-0.05, 0) is 36.1 Å². The van der Waals surface area contributed by atoms with Crippen molar-refractivity contribution in [2.24, 2.45) is 0 Å². The van der Waals surface area contributed by atoms with Gasteiger partial charge in [-0.3, -0.25) is 0 Å². The Balaban J connectivity index is 1.69. The fraction of sp³-hybridized carbons (Fsp3) is 0.429. The molecule has 0 saturated heterocycles. The maximum Gasteiger partial charge on any atom is 0.118 e. The Morgan fingerprint density at radius 3 is 2.27 bits per heavy atom. The van der Waals surface area contributed by atoms with Gasteiger partial charge in [0.15, 0.2) is 0 Å². The third kappa shape index (κ3) is 7.14. The molecule has 0 amide bonds. The Morgan fingerprint density at radius 1 is 0.923 bits per heavy atom. The van der Waals surface area contributed by atoms with Crippen molar-refractivity contribution < 1.29 is 24.4 Å². The van der Waals surface area contributed by atoms with Crippen molar-refractivity contribution in [1.82, 2.24) is 0 Å². The molecule has 5 nitrogen and oxygen atoms in total. The van der Waals surface area contributed by atoms with Gasteiger partial charge in [0, 0.05) is 6.61 Å². The third-order valence-corrected chi connectivity index (χ3v) is 4.13. The van der Waals surface area contributed by atoms with Crippen molar-refractivity contribution in [3.63, 3.8) is 0 Å². The van der Waals surface area contributed by atoms with Crippen LogP contribution in [0.25, 0.3) is 0 Å². The molecule has 2 rings (SSSR count). The number of hydrogen-bond donors (Lipinski definition) is 2. The highest BCUT2D eigenvalue weighted by Crippen LogP contribution is 2.14. The number of benzene rings is 2. The van der Waals surface area contributed by atoms with Crippen LogP contribution in [-0.4, -0.2) is 42.7 Å². The lowest BCUT2D eigenvalue weighted by Crippen LogP contribution is -2.32. The normalized spacial score (nSPS) is 13.3. The molecule has 0 aliphatic carbocycles. The third-order valence-electron chi connectivity index (χ3n) is 4.13. The molecule has 5 heteroatoms. The molecule has 2 aromatic carbocycles. The highest BCUT2D eigenvalue weighted by Gasteiger charge is 2.19. The second-order valence-electron chi connectivity index (χ2n) is 6.13. The van der Waals surface area contributed by atoms with E-state index >= 15 is 0 Å². The molecule has 0 radical (unpaired) electrons. The summed E-state index contributed by atoms with van der Waals surface area (Å²) >= 11 is 0. The van der Waals surface area contributed by atoms with Crippen LogP contribution in [0.2, 0.25) is 0 Å². The van der Waals surface area contributed by atoms with Crippen LogP contribution in [0.5, 0.6) is 5.75 Å². The number of rotatable bonds is 12. The summed E-state index contributed by atoms with van der Waals surface area (Å²) in [5, 5.41) is 19.2. The summed E-state index contributed by atoms with van der Waals surface area (Å²) in [6, 6.07) is 17.5. The molecule has 0 aliphatic heterocycles. The number of aliphatic hydroxyl groups excluding tert-OH is 2. The zero-order chi connectivity index (χ0) is 18.6. The van der Waals surface area contributed by atoms with E-state index in [-0.39, 0.29) is 6.61 Å². The maximum atomic E-state index is 9.95. The molecule has 0 saturated carbocycles. The van der Waals surface area contributed by atoms with Crippen LogP contribution in [0.3, 0.4) is 0 Å². The van der Waals surface area contributed by atoms with Crippen LogP contribution < -0.4 is 4.74 Å². The van der Waals surface area contributed by atoms with Crippen molar-refractivity contribution in [2.75, 3.05) is 20.3 Å². The first-order valence-corrected chi connectivity index (χ1v) is 8.88. The van der Waals surface area contributed by atoms with E-state index in [0.29, 0.717) is 26.2 Å². The SMILES string of the molecule is COc1ccc(COCCC[C@H](OCc2ccccc2)[C@H](O)CO)cc1. The number of methoxy groups -OCH3 is 1. The topological polar surface area (TPSA) is 68.2 Å². The van der Waals surface area contributed by atoms with Gasteiger partial charge < -0.3 is 24.4 Å². The molecule has 142 valence electrons. The van der Waals surface area contributed by atoms with E-state index in [4.69, 9.17) is 14.2 Å². The first-order chi connectivity index (χ1) is 12.7. The molecular weight excluding hydrogens is 332 g/mol. The largest absolute Gasteiger partial charge is 0.497 e. The Labute approximate surface area is 155 Å². The first-order valence-electron chi connectivity index (χ1n) is 8.88. The van der Waals surface area contributed by atoms with E-state index < -0.39 is 12.2 Å². The van der Waals surface area contributed by atoms with Crippen molar-refractivity contribution in [1.29, 1.82) is 0 Å². The lowest BCUT2D eigenvalue weighted by Gasteiger charge is -2.22. The van der Waals surface area contributed by atoms with Gasteiger partial charge in [0.05, 0.1) is 33.0 Å². The summed E-state index contributed by atoms with van der Waals surface area (Å²) in [5.74, 6) is 0.824. The van der Waals surface area contributed by atoms with Crippen LogP contribution in [0.1, 0.15) is 24.0 Å². The zero-order valence-electron chi connectivity index (χ0n) is 15.2. The Morgan fingerprint density at radius 2 is 1.62 bits per heavy atom. The van der Waals surface area contributed by atoms with Crippen LogP contribution in [-0.2, 0) is 22.7 Å². The fourth-order valence-electron chi connectivity index (χ4n) is 2.58. The van der Waals surface area contributed by atoms with Gasteiger partial charge in [-0.2, -0.15) is 0 Å². The van der Waals surface area contributed by atoms with E-state index in [9.17, 15) is 10.2 Å². The standard InChI is InChI=1S/C21H28O5/c1-24-19-11-9-18(10-12-19)15-25-13-5-8-21(20(23)14-22)26-16-17-6-3-2-4-7-17/h2-4,6-7,9-12,20-23H,5,8,13-16H2,1H3/t20-,21+/m1/s1. The van der Waals surface area contributed by atoms with E-state index in [0.717, 1.165) is 23.3 Å². The molecule has 0 heterocycles. The van der Waals surface area contributed by atoms with E-state index in [2.05, 4.69) is 0 Å².